The molecule has 0 bridgehead atoms. The third-order valence-electron chi connectivity index (χ3n) is 4.93. The average molecular weight is 415 g/mol. The molecule has 0 saturated carbocycles. The molecule has 2 N–H and O–H groups in total. The molecule has 1 aromatic heterocycles. The van der Waals surface area contributed by atoms with E-state index in [1.165, 1.54) is 11.1 Å². The van der Waals surface area contributed by atoms with Gasteiger partial charge in [0.2, 0.25) is 5.91 Å². The summed E-state index contributed by atoms with van der Waals surface area (Å²) >= 11 is 1.62. The highest BCUT2D eigenvalue weighted by atomic mass is 32.1. The summed E-state index contributed by atoms with van der Waals surface area (Å²) in [6.45, 7) is 2.87. The van der Waals surface area contributed by atoms with E-state index >= 15 is 0 Å². The Balaban J connectivity index is 1.36. The molecule has 8 heteroatoms. The summed E-state index contributed by atoms with van der Waals surface area (Å²) in [4.78, 5) is 25.3. The van der Waals surface area contributed by atoms with Gasteiger partial charge in [0.25, 0.3) is 0 Å². The highest BCUT2D eigenvalue weighted by Gasteiger charge is 2.19. The van der Waals surface area contributed by atoms with E-state index in [1.807, 2.05) is 35.3 Å². The zero-order chi connectivity index (χ0) is 20.6. The number of carbonyl (C=O) groups is 1. The molecule has 1 aliphatic rings. The maximum absolute atomic E-state index is 12.5. The van der Waals surface area contributed by atoms with E-state index in [9.17, 15) is 4.79 Å². The van der Waals surface area contributed by atoms with E-state index in [0.717, 1.165) is 42.7 Å². The lowest BCUT2D eigenvalue weighted by molar-refractivity contribution is -0.132. The van der Waals surface area contributed by atoms with Gasteiger partial charge < -0.3 is 20.4 Å². The molecule has 0 spiro atoms. The van der Waals surface area contributed by atoms with Crippen LogP contribution in [0.5, 0.6) is 0 Å². The number of hydrogen-bond donors (Lipinski definition) is 2. The van der Waals surface area contributed by atoms with Crippen LogP contribution in [0.15, 0.2) is 34.6 Å². The van der Waals surface area contributed by atoms with Gasteiger partial charge in [-0.1, -0.05) is 24.3 Å². The number of aliphatic imine (C=N–C) groups is 1. The van der Waals surface area contributed by atoms with Crippen LogP contribution in [0, 0.1) is 0 Å². The van der Waals surface area contributed by atoms with Gasteiger partial charge in [-0.05, 0) is 24.0 Å². The minimum absolute atomic E-state index is 0.225. The van der Waals surface area contributed by atoms with Crippen LogP contribution in [0.25, 0.3) is 0 Å². The molecule has 0 aliphatic carbocycles. The van der Waals surface area contributed by atoms with Crippen molar-refractivity contribution in [3.8, 4) is 0 Å². The second-order valence-corrected chi connectivity index (χ2v) is 8.14. The Labute approximate surface area is 176 Å². The first-order valence-corrected chi connectivity index (χ1v) is 10.9. The van der Waals surface area contributed by atoms with Gasteiger partial charge in [0.1, 0.15) is 0 Å². The van der Waals surface area contributed by atoms with Gasteiger partial charge in [-0.15, -0.1) is 11.3 Å². The van der Waals surface area contributed by atoms with Crippen LogP contribution in [0.2, 0.25) is 0 Å². The van der Waals surface area contributed by atoms with Gasteiger partial charge in [-0.25, -0.2) is 4.98 Å². The fourth-order valence-electron chi connectivity index (χ4n) is 3.29. The van der Waals surface area contributed by atoms with Crippen LogP contribution in [0.4, 0.5) is 5.13 Å². The summed E-state index contributed by atoms with van der Waals surface area (Å²) in [5.41, 5.74) is 3.63. The first kappa shape index (κ1) is 21.1. The largest absolute Gasteiger partial charge is 0.356 e. The third kappa shape index (κ3) is 5.93. The Morgan fingerprint density at radius 3 is 2.79 bits per heavy atom. The number of carbonyl (C=O) groups excluding carboxylic acids is 1. The summed E-state index contributed by atoms with van der Waals surface area (Å²) in [5, 5.41) is 9.58. The topological polar surface area (TPSA) is 72.9 Å². The van der Waals surface area contributed by atoms with E-state index in [1.54, 1.807) is 18.4 Å². The second kappa shape index (κ2) is 10.2. The van der Waals surface area contributed by atoms with Crippen molar-refractivity contribution in [2.75, 3.05) is 39.1 Å². The standard InChI is InChI=1S/C21H30N6OS/c1-22-20(24-13-18-15-29-21(25-18)26(2)3)23-11-6-9-19(28)27-12-10-16-7-4-5-8-17(16)14-27/h4-5,7-8,15H,6,9-14H2,1-3H3,(H2,22,23,24). The number of rotatable bonds is 7. The first-order chi connectivity index (χ1) is 14.1. The lowest BCUT2D eigenvalue weighted by Gasteiger charge is -2.29. The third-order valence-corrected chi connectivity index (χ3v) is 5.98. The van der Waals surface area contributed by atoms with Gasteiger partial charge in [0.05, 0.1) is 12.2 Å². The van der Waals surface area contributed by atoms with E-state index in [4.69, 9.17) is 0 Å². The fourth-order valence-corrected chi connectivity index (χ4v) is 4.05. The first-order valence-electron chi connectivity index (χ1n) is 9.97. The number of thiazole rings is 1. The number of hydrogen-bond acceptors (Lipinski definition) is 5. The molecule has 3 rings (SSSR count). The maximum atomic E-state index is 12.5. The molecule has 29 heavy (non-hydrogen) atoms. The lowest BCUT2D eigenvalue weighted by Crippen LogP contribution is -2.38. The molecule has 0 atom stereocenters. The highest BCUT2D eigenvalue weighted by molar-refractivity contribution is 7.13. The van der Waals surface area contributed by atoms with Crippen molar-refractivity contribution in [2.45, 2.75) is 32.4 Å². The number of nitrogens with one attached hydrogen (secondary N) is 2. The molecule has 0 saturated heterocycles. The maximum Gasteiger partial charge on any atom is 0.222 e. The SMILES string of the molecule is CN=C(NCCCC(=O)N1CCc2ccccc2C1)NCc1csc(N(C)C)n1. The molecular weight excluding hydrogens is 384 g/mol. The molecule has 1 amide bonds. The van der Waals surface area contributed by atoms with E-state index < -0.39 is 0 Å². The molecule has 2 aromatic rings. The van der Waals surface area contributed by atoms with Crippen LogP contribution < -0.4 is 15.5 Å². The predicted octanol–water partition coefficient (Wildman–Crippen LogP) is 2.24. The van der Waals surface area contributed by atoms with Gasteiger partial charge in [0.15, 0.2) is 11.1 Å². The van der Waals surface area contributed by atoms with Gasteiger partial charge >= 0.3 is 0 Å². The number of guanidine groups is 1. The monoisotopic (exact) mass is 414 g/mol. The minimum atomic E-state index is 0.225. The quantitative estimate of drug-likeness (QED) is 0.413. The fraction of sp³-hybridized carbons (Fsp3) is 0.476. The Morgan fingerprint density at radius 2 is 2.07 bits per heavy atom. The van der Waals surface area contributed by atoms with E-state index in [2.05, 4.69) is 38.8 Å². The van der Waals surface area contributed by atoms with Crippen LogP contribution >= 0.6 is 11.3 Å². The summed E-state index contributed by atoms with van der Waals surface area (Å²) in [6, 6.07) is 8.39. The molecule has 7 nitrogen and oxygen atoms in total. The number of anilines is 1. The predicted molar refractivity (Wildman–Crippen MR) is 119 cm³/mol. The van der Waals surface area contributed by atoms with Crippen molar-refractivity contribution >= 4 is 28.3 Å². The lowest BCUT2D eigenvalue weighted by atomic mass is 9.99. The van der Waals surface area contributed by atoms with Crippen molar-refractivity contribution in [3.05, 3.63) is 46.5 Å². The van der Waals surface area contributed by atoms with Gasteiger partial charge in [-0.2, -0.15) is 0 Å². The smallest absolute Gasteiger partial charge is 0.222 e. The van der Waals surface area contributed by atoms with Gasteiger partial charge in [-0.3, -0.25) is 9.79 Å². The Kier molecular flexibility index (Phi) is 7.46. The minimum Gasteiger partial charge on any atom is -0.356 e. The van der Waals surface area contributed by atoms with Crippen LogP contribution in [-0.4, -0.2) is 56.0 Å². The van der Waals surface area contributed by atoms with Crippen LogP contribution in [-0.2, 0) is 24.3 Å². The van der Waals surface area contributed by atoms with E-state index in [0.29, 0.717) is 19.5 Å². The number of fused-ring (bicyclic) bond motifs is 1. The van der Waals surface area contributed by atoms with Crippen LogP contribution in [0.1, 0.15) is 29.7 Å². The van der Waals surface area contributed by atoms with Crippen molar-refractivity contribution < 1.29 is 4.79 Å². The number of aromatic nitrogens is 1. The second-order valence-electron chi connectivity index (χ2n) is 7.31. The molecular formula is C21H30N6OS. The molecule has 0 radical (unpaired) electrons. The summed E-state index contributed by atoms with van der Waals surface area (Å²) in [7, 11) is 5.72. The summed E-state index contributed by atoms with van der Waals surface area (Å²) < 4.78 is 0. The Morgan fingerprint density at radius 1 is 1.28 bits per heavy atom. The molecule has 1 aliphatic heterocycles. The molecule has 156 valence electrons. The van der Waals surface area contributed by atoms with Crippen molar-refractivity contribution in [1.29, 1.82) is 0 Å². The highest BCUT2D eigenvalue weighted by Crippen LogP contribution is 2.19. The van der Waals surface area contributed by atoms with Gasteiger partial charge in [0, 0.05) is 52.6 Å². The summed E-state index contributed by atoms with van der Waals surface area (Å²) in [6.07, 6.45) is 2.27. The zero-order valence-corrected chi connectivity index (χ0v) is 18.3. The molecule has 2 heterocycles. The zero-order valence-electron chi connectivity index (χ0n) is 17.4. The van der Waals surface area contributed by atoms with Crippen molar-refractivity contribution in [1.82, 2.24) is 20.5 Å². The van der Waals surface area contributed by atoms with E-state index in [-0.39, 0.29) is 5.91 Å². The molecule has 0 fully saturated rings. The number of amides is 1. The Hall–Kier alpha value is -2.61. The number of nitrogens with zero attached hydrogens (tertiary/aromatic N) is 4. The number of benzene rings is 1. The van der Waals surface area contributed by atoms with Crippen molar-refractivity contribution in [2.24, 2.45) is 4.99 Å². The van der Waals surface area contributed by atoms with Crippen molar-refractivity contribution in [3.63, 3.8) is 0 Å². The average Bonchev–Trinajstić information content (AvgIpc) is 3.22. The Bertz CT molecular complexity index is 847. The molecule has 1 aromatic carbocycles. The van der Waals surface area contributed by atoms with Crippen LogP contribution in [0.3, 0.4) is 0 Å². The molecule has 0 unspecified atom stereocenters. The normalized spacial score (nSPS) is 13.8. The summed E-state index contributed by atoms with van der Waals surface area (Å²) in [5.74, 6) is 0.951.